The Morgan fingerprint density at radius 1 is 1.14 bits per heavy atom. The van der Waals surface area contributed by atoms with Gasteiger partial charge >= 0.3 is 5.97 Å². The Hall–Kier alpha value is -3.45. The van der Waals surface area contributed by atoms with Crippen molar-refractivity contribution in [3.63, 3.8) is 0 Å². The molecule has 0 aliphatic rings. The van der Waals surface area contributed by atoms with Crippen LogP contribution in [0.5, 0.6) is 5.75 Å². The molecule has 28 heavy (non-hydrogen) atoms. The highest BCUT2D eigenvalue weighted by Crippen LogP contribution is 2.24. The van der Waals surface area contributed by atoms with E-state index in [9.17, 15) is 4.79 Å². The van der Waals surface area contributed by atoms with Crippen LogP contribution in [0.15, 0.2) is 64.2 Å². The van der Waals surface area contributed by atoms with Crippen molar-refractivity contribution in [2.75, 3.05) is 5.73 Å². The number of nitrogens with two attached hydrogens (primary N) is 2. The lowest BCUT2D eigenvalue weighted by molar-refractivity contribution is 0.0475. The van der Waals surface area contributed by atoms with Gasteiger partial charge in [-0.15, -0.1) is 0 Å². The predicted molar refractivity (Wildman–Crippen MR) is 106 cm³/mol. The second-order valence-electron chi connectivity index (χ2n) is 5.86. The summed E-state index contributed by atoms with van der Waals surface area (Å²) in [5.74, 6) is 0.161. The molecule has 4 N–H and O–H groups in total. The Balaban J connectivity index is 1.62. The zero-order valence-corrected chi connectivity index (χ0v) is 15.8. The second-order valence-corrected chi connectivity index (χ2v) is 6.27. The van der Waals surface area contributed by atoms with Crippen LogP contribution >= 0.6 is 11.6 Å². The topological polar surface area (TPSA) is 113 Å². The summed E-state index contributed by atoms with van der Waals surface area (Å²) in [5, 5.41) is 4.15. The second kappa shape index (κ2) is 8.49. The number of halogens is 1. The van der Waals surface area contributed by atoms with Gasteiger partial charge in [-0.05, 0) is 42.8 Å². The molecule has 2 aromatic carbocycles. The molecule has 0 unspecified atom stereocenters. The standard InChI is InChI=1S/C20H18ClN3O4/c1-12-14(5-4-7-16(12)22)19(23)24-28-20(25)18-10-9-13(27-18)11-26-17-8-3-2-6-15(17)21/h2-10H,11,22H2,1H3,(H2,23,24). The van der Waals surface area contributed by atoms with E-state index in [1.165, 1.54) is 6.07 Å². The molecular weight excluding hydrogens is 382 g/mol. The third-order valence-electron chi connectivity index (χ3n) is 3.95. The number of amidine groups is 1. The minimum atomic E-state index is -0.784. The highest BCUT2D eigenvalue weighted by molar-refractivity contribution is 6.32. The van der Waals surface area contributed by atoms with E-state index in [4.69, 9.17) is 37.1 Å². The molecule has 1 heterocycles. The number of ether oxygens (including phenoxy) is 1. The monoisotopic (exact) mass is 399 g/mol. The van der Waals surface area contributed by atoms with E-state index in [1.807, 2.05) is 0 Å². The van der Waals surface area contributed by atoms with Gasteiger partial charge < -0.3 is 25.5 Å². The molecule has 1 aromatic heterocycles. The maximum atomic E-state index is 12.1. The summed E-state index contributed by atoms with van der Waals surface area (Å²) >= 11 is 6.02. The summed E-state index contributed by atoms with van der Waals surface area (Å²) in [6.07, 6.45) is 0. The van der Waals surface area contributed by atoms with Crippen LogP contribution in [0, 0.1) is 6.92 Å². The third kappa shape index (κ3) is 4.44. The van der Waals surface area contributed by atoms with Crippen molar-refractivity contribution in [1.29, 1.82) is 0 Å². The Morgan fingerprint density at radius 3 is 2.71 bits per heavy atom. The number of carbonyl (C=O) groups excluding carboxylic acids is 1. The Labute approximate surface area is 166 Å². The van der Waals surface area contributed by atoms with Gasteiger partial charge in [0.25, 0.3) is 0 Å². The lowest BCUT2D eigenvalue weighted by Crippen LogP contribution is -2.17. The number of oxime groups is 1. The molecule has 0 atom stereocenters. The molecule has 0 radical (unpaired) electrons. The van der Waals surface area contributed by atoms with Crippen molar-refractivity contribution in [1.82, 2.24) is 0 Å². The SMILES string of the molecule is Cc1c(N)cccc1/C(N)=N/OC(=O)c1ccc(COc2ccccc2Cl)o1. The molecule has 0 fully saturated rings. The average Bonchev–Trinajstić information content (AvgIpc) is 3.16. The minimum absolute atomic E-state index is 0.0291. The quantitative estimate of drug-likeness (QED) is 0.214. The number of benzene rings is 2. The van der Waals surface area contributed by atoms with Gasteiger partial charge in [0.15, 0.2) is 5.84 Å². The molecule has 0 aliphatic carbocycles. The first-order valence-corrected chi connectivity index (χ1v) is 8.70. The number of anilines is 1. The van der Waals surface area contributed by atoms with Gasteiger partial charge in [-0.3, -0.25) is 0 Å². The van der Waals surface area contributed by atoms with E-state index in [0.29, 0.717) is 27.8 Å². The number of rotatable bonds is 6. The van der Waals surface area contributed by atoms with E-state index in [1.54, 1.807) is 55.5 Å². The number of hydrogen-bond donors (Lipinski definition) is 2. The predicted octanol–water partition coefficient (Wildman–Crippen LogP) is 3.88. The Morgan fingerprint density at radius 2 is 1.93 bits per heavy atom. The number of furan rings is 1. The van der Waals surface area contributed by atoms with Crippen molar-refractivity contribution in [2.45, 2.75) is 13.5 Å². The van der Waals surface area contributed by atoms with Crippen LogP contribution in [0.2, 0.25) is 5.02 Å². The largest absolute Gasteiger partial charge is 0.484 e. The maximum Gasteiger partial charge on any atom is 0.400 e. The van der Waals surface area contributed by atoms with Gasteiger partial charge in [-0.2, -0.15) is 0 Å². The highest BCUT2D eigenvalue weighted by Gasteiger charge is 2.15. The number of para-hydroxylation sites is 1. The highest BCUT2D eigenvalue weighted by atomic mass is 35.5. The molecule has 0 saturated carbocycles. The van der Waals surface area contributed by atoms with Crippen LogP contribution < -0.4 is 16.2 Å². The molecule has 0 bridgehead atoms. The van der Waals surface area contributed by atoms with Gasteiger partial charge in [0.1, 0.15) is 18.1 Å². The molecule has 0 amide bonds. The lowest BCUT2D eigenvalue weighted by atomic mass is 10.1. The summed E-state index contributed by atoms with van der Waals surface area (Å²) in [4.78, 5) is 17.0. The number of carbonyl (C=O) groups is 1. The van der Waals surface area contributed by atoms with Crippen LogP contribution in [0.4, 0.5) is 5.69 Å². The lowest BCUT2D eigenvalue weighted by Gasteiger charge is -2.06. The fraction of sp³-hybridized carbons (Fsp3) is 0.100. The van der Waals surface area contributed by atoms with Crippen molar-refractivity contribution in [2.24, 2.45) is 10.9 Å². The molecule has 7 nitrogen and oxygen atoms in total. The van der Waals surface area contributed by atoms with E-state index >= 15 is 0 Å². The van der Waals surface area contributed by atoms with Crippen molar-refractivity contribution < 1.29 is 18.8 Å². The Kier molecular flexibility index (Phi) is 5.86. The van der Waals surface area contributed by atoms with Gasteiger partial charge in [0.05, 0.1) is 5.02 Å². The number of nitrogen functional groups attached to an aromatic ring is 1. The third-order valence-corrected chi connectivity index (χ3v) is 4.26. The van der Waals surface area contributed by atoms with Crippen molar-refractivity contribution in [3.8, 4) is 5.75 Å². The van der Waals surface area contributed by atoms with E-state index in [2.05, 4.69) is 5.16 Å². The van der Waals surface area contributed by atoms with Gasteiger partial charge in [0, 0.05) is 11.3 Å². The number of hydrogen-bond acceptors (Lipinski definition) is 6. The first-order valence-electron chi connectivity index (χ1n) is 8.32. The first-order chi connectivity index (χ1) is 13.5. The summed E-state index contributed by atoms with van der Waals surface area (Å²) < 4.78 is 11.0. The van der Waals surface area contributed by atoms with E-state index in [0.717, 1.165) is 5.56 Å². The van der Waals surface area contributed by atoms with Crippen LogP contribution in [0.25, 0.3) is 0 Å². The normalized spacial score (nSPS) is 11.3. The van der Waals surface area contributed by atoms with Crippen LogP contribution in [-0.2, 0) is 11.4 Å². The first kappa shape index (κ1) is 19.3. The maximum absolute atomic E-state index is 12.1. The molecule has 3 rings (SSSR count). The summed E-state index contributed by atoms with van der Waals surface area (Å²) in [5.41, 5.74) is 13.6. The van der Waals surface area contributed by atoms with Gasteiger partial charge in [-0.1, -0.05) is 41.0 Å². The minimum Gasteiger partial charge on any atom is -0.484 e. The molecule has 8 heteroatoms. The van der Waals surface area contributed by atoms with Crippen LogP contribution in [0.1, 0.15) is 27.4 Å². The van der Waals surface area contributed by atoms with Gasteiger partial charge in [0.2, 0.25) is 5.76 Å². The molecule has 0 spiro atoms. The van der Waals surface area contributed by atoms with Crippen molar-refractivity contribution in [3.05, 3.63) is 82.3 Å². The summed E-state index contributed by atoms with van der Waals surface area (Å²) in [6, 6.07) is 15.3. The van der Waals surface area contributed by atoms with Crippen LogP contribution in [-0.4, -0.2) is 11.8 Å². The van der Waals surface area contributed by atoms with E-state index < -0.39 is 5.97 Å². The smallest absolute Gasteiger partial charge is 0.400 e. The molecule has 0 aliphatic heterocycles. The van der Waals surface area contributed by atoms with E-state index in [-0.39, 0.29) is 18.2 Å². The Bertz CT molecular complexity index is 1030. The fourth-order valence-electron chi connectivity index (χ4n) is 2.39. The summed E-state index contributed by atoms with van der Waals surface area (Å²) in [7, 11) is 0. The van der Waals surface area contributed by atoms with Crippen LogP contribution in [0.3, 0.4) is 0 Å². The summed E-state index contributed by atoms with van der Waals surface area (Å²) in [6.45, 7) is 1.90. The van der Waals surface area contributed by atoms with Crippen molar-refractivity contribution >= 4 is 29.1 Å². The average molecular weight is 400 g/mol. The molecule has 144 valence electrons. The zero-order valence-electron chi connectivity index (χ0n) is 15.0. The fourth-order valence-corrected chi connectivity index (χ4v) is 2.58. The number of nitrogens with zero attached hydrogens (tertiary/aromatic N) is 1. The van der Waals surface area contributed by atoms with Gasteiger partial charge in [-0.25, -0.2) is 4.79 Å². The molecule has 3 aromatic rings. The molecule has 0 saturated heterocycles. The molecular formula is C20H18ClN3O4. The zero-order chi connectivity index (χ0) is 20.1.